The van der Waals surface area contributed by atoms with Crippen LogP contribution >= 0.6 is 0 Å². The molecule has 2 rings (SSSR count). The zero-order valence-corrected chi connectivity index (χ0v) is 12.8. The average molecular weight is 296 g/mol. The Labute approximate surface area is 121 Å². The molecule has 0 radical (unpaired) electrons. The van der Waals surface area contributed by atoms with Crippen LogP contribution in [0.5, 0.6) is 0 Å². The number of hydrogen-bond acceptors (Lipinski definition) is 3. The molecule has 4 nitrogen and oxygen atoms in total. The lowest BCUT2D eigenvalue weighted by Crippen LogP contribution is -2.38. The van der Waals surface area contributed by atoms with E-state index < -0.39 is 10.0 Å². The quantitative estimate of drug-likeness (QED) is 0.876. The molecule has 20 heavy (non-hydrogen) atoms. The second-order valence-corrected chi connectivity index (χ2v) is 7.37. The van der Waals surface area contributed by atoms with E-state index in [4.69, 9.17) is 5.73 Å². The molecule has 1 saturated carbocycles. The summed E-state index contributed by atoms with van der Waals surface area (Å²) < 4.78 is 27.6. The Morgan fingerprint density at radius 3 is 2.65 bits per heavy atom. The van der Waals surface area contributed by atoms with Crippen LogP contribution in [0.25, 0.3) is 0 Å². The Morgan fingerprint density at radius 1 is 1.30 bits per heavy atom. The van der Waals surface area contributed by atoms with E-state index in [9.17, 15) is 8.42 Å². The van der Waals surface area contributed by atoms with Crippen molar-refractivity contribution in [2.45, 2.75) is 56.5 Å². The van der Waals surface area contributed by atoms with E-state index in [1.54, 1.807) is 18.2 Å². The minimum absolute atomic E-state index is 0.0122. The summed E-state index contributed by atoms with van der Waals surface area (Å²) in [7, 11) is -3.45. The van der Waals surface area contributed by atoms with Gasteiger partial charge in [-0.15, -0.1) is 0 Å². The fraction of sp³-hybridized carbons (Fsp3) is 0.600. The number of hydrogen-bond donors (Lipinski definition) is 2. The first-order valence-corrected chi connectivity index (χ1v) is 8.82. The van der Waals surface area contributed by atoms with Crippen molar-refractivity contribution in [3.8, 4) is 0 Å². The van der Waals surface area contributed by atoms with E-state index in [-0.39, 0.29) is 6.04 Å². The van der Waals surface area contributed by atoms with Crippen molar-refractivity contribution < 1.29 is 8.42 Å². The molecule has 1 aromatic carbocycles. The molecular formula is C15H24N2O2S. The molecule has 3 N–H and O–H groups in total. The second-order valence-electron chi connectivity index (χ2n) is 5.66. The lowest BCUT2D eigenvalue weighted by molar-refractivity contribution is 0.303. The monoisotopic (exact) mass is 296 g/mol. The maximum atomic E-state index is 12.4. The van der Waals surface area contributed by atoms with Gasteiger partial charge in [-0.3, -0.25) is 0 Å². The fourth-order valence-corrected chi connectivity index (χ4v) is 4.27. The van der Waals surface area contributed by atoms with Gasteiger partial charge in [0.2, 0.25) is 10.0 Å². The van der Waals surface area contributed by atoms with Crippen molar-refractivity contribution in [3.63, 3.8) is 0 Å². The van der Waals surface area contributed by atoms with Gasteiger partial charge in [0.1, 0.15) is 0 Å². The molecular weight excluding hydrogens is 272 g/mol. The number of nitrogens with two attached hydrogens (primary N) is 1. The van der Waals surface area contributed by atoms with E-state index in [2.05, 4.69) is 4.72 Å². The lowest BCUT2D eigenvalue weighted by Gasteiger charge is -2.28. The molecule has 0 aliphatic heterocycles. The fourth-order valence-electron chi connectivity index (χ4n) is 2.88. The van der Waals surface area contributed by atoms with Crippen molar-refractivity contribution in [2.24, 2.45) is 11.7 Å². The SMILES string of the molecule is CC(NS(=O)(=O)c1cccc(CN)c1)C1CCCCC1. The molecule has 0 heterocycles. The number of rotatable bonds is 5. The van der Waals surface area contributed by atoms with Crippen LogP contribution in [0.4, 0.5) is 0 Å². The van der Waals surface area contributed by atoms with Gasteiger partial charge < -0.3 is 5.73 Å². The zero-order valence-electron chi connectivity index (χ0n) is 12.0. The normalized spacial score (nSPS) is 18.9. The van der Waals surface area contributed by atoms with E-state index in [0.717, 1.165) is 18.4 Å². The Morgan fingerprint density at radius 2 is 2.00 bits per heavy atom. The maximum absolute atomic E-state index is 12.4. The van der Waals surface area contributed by atoms with Gasteiger partial charge in [0.15, 0.2) is 0 Å². The summed E-state index contributed by atoms with van der Waals surface area (Å²) in [5.74, 6) is 0.455. The van der Waals surface area contributed by atoms with Crippen LogP contribution in [0.15, 0.2) is 29.2 Å². The standard InChI is InChI=1S/C15H24N2O2S/c1-12(14-7-3-2-4-8-14)17-20(18,19)15-9-5-6-13(10-15)11-16/h5-6,9-10,12,14,17H,2-4,7-8,11,16H2,1H3. The van der Waals surface area contributed by atoms with Crippen LogP contribution < -0.4 is 10.5 Å². The van der Waals surface area contributed by atoms with E-state index >= 15 is 0 Å². The maximum Gasteiger partial charge on any atom is 0.240 e. The molecule has 0 bridgehead atoms. The summed E-state index contributed by atoms with van der Waals surface area (Å²) in [4.78, 5) is 0.308. The second kappa shape index (κ2) is 6.70. The predicted octanol–water partition coefficient (Wildman–Crippen LogP) is 2.39. The van der Waals surface area contributed by atoms with Gasteiger partial charge in [-0.1, -0.05) is 31.4 Å². The number of nitrogens with one attached hydrogen (secondary N) is 1. The molecule has 0 saturated heterocycles. The van der Waals surface area contributed by atoms with Crippen molar-refractivity contribution in [3.05, 3.63) is 29.8 Å². The predicted molar refractivity (Wildman–Crippen MR) is 80.7 cm³/mol. The number of benzene rings is 1. The molecule has 1 aliphatic carbocycles. The van der Waals surface area contributed by atoms with E-state index in [1.165, 1.54) is 19.3 Å². The van der Waals surface area contributed by atoms with Gasteiger partial charge in [-0.25, -0.2) is 13.1 Å². The Hall–Kier alpha value is -0.910. The number of sulfonamides is 1. The van der Waals surface area contributed by atoms with Crippen LogP contribution in [-0.2, 0) is 16.6 Å². The van der Waals surface area contributed by atoms with Gasteiger partial charge in [-0.2, -0.15) is 0 Å². The summed E-state index contributed by atoms with van der Waals surface area (Å²) in [5, 5.41) is 0. The molecule has 112 valence electrons. The van der Waals surface area contributed by atoms with Crippen molar-refractivity contribution >= 4 is 10.0 Å². The van der Waals surface area contributed by atoms with Crippen LogP contribution in [0.3, 0.4) is 0 Å². The van der Waals surface area contributed by atoms with E-state index in [0.29, 0.717) is 17.4 Å². The Balaban J connectivity index is 2.09. The van der Waals surface area contributed by atoms with Crippen LogP contribution in [0.1, 0.15) is 44.6 Å². The molecule has 1 aliphatic rings. The summed E-state index contributed by atoms with van der Waals surface area (Å²) in [6.07, 6.45) is 5.92. The molecule has 1 unspecified atom stereocenters. The summed E-state index contributed by atoms with van der Waals surface area (Å²) in [5.41, 5.74) is 6.40. The summed E-state index contributed by atoms with van der Waals surface area (Å²) in [6.45, 7) is 2.32. The Bertz CT molecular complexity index is 537. The van der Waals surface area contributed by atoms with Gasteiger partial charge in [-0.05, 0) is 43.4 Å². The molecule has 0 spiro atoms. The van der Waals surface area contributed by atoms with Gasteiger partial charge >= 0.3 is 0 Å². The van der Waals surface area contributed by atoms with Crippen molar-refractivity contribution in [1.29, 1.82) is 0 Å². The van der Waals surface area contributed by atoms with Crippen molar-refractivity contribution in [1.82, 2.24) is 4.72 Å². The van der Waals surface area contributed by atoms with Gasteiger partial charge in [0, 0.05) is 12.6 Å². The highest BCUT2D eigenvalue weighted by Crippen LogP contribution is 2.27. The minimum atomic E-state index is -3.45. The lowest BCUT2D eigenvalue weighted by atomic mass is 9.85. The van der Waals surface area contributed by atoms with Crippen LogP contribution in [0.2, 0.25) is 0 Å². The third-order valence-electron chi connectivity index (χ3n) is 4.14. The molecule has 0 amide bonds. The van der Waals surface area contributed by atoms with Crippen LogP contribution in [-0.4, -0.2) is 14.5 Å². The smallest absolute Gasteiger partial charge is 0.240 e. The zero-order chi connectivity index (χ0) is 14.6. The molecule has 1 fully saturated rings. The van der Waals surface area contributed by atoms with Gasteiger partial charge in [0.05, 0.1) is 4.90 Å². The first-order valence-electron chi connectivity index (χ1n) is 7.34. The van der Waals surface area contributed by atoms with Crippen LogP contribution in [0, 0.1) is 5.92 Å². The minimum Gasteiger partial charge on any atom is -0.326 e. The summed E-state index contributed by atoms with van der Waals surface area (Å²) >= 11 is 0. The third kappa shape index (κ3) is 3.81. The highest BCUT2D eigenvalue weighted by Gasteiger charge is 2.25. The first-order chi connectivity index (χ1) is 9.53. The molecule has 1 aromatic rings. The molecule has 0 aromatic heterocycles. The average Bonchev–Trinajstić information content (AvgIpc) is 2.48. The summed E-state index contributed by atoms with van der Waals surface area (Å²) in [6, 6.07) is 6.83. The molecule has 1 atom stereocenters. The first kappa shape index (κ1) is 15.5. The van der Waals surface area contributed by atoms with Crippen molar-refractivity contribution in [2.75, 3.05) is 0 Å². The topological polar surface area (TPSA) is 72.2 Å². The highest BCUT2D eigenvalue weighted by molar-refractivity contribution is 7.89. The van der Waals surface area contributed by atoms with E-state index in [1.807, 2.05) is 13.0 Å². The largest absolute Gasteiger partial charge is 0.326 e. The Kier molecular flexibility index (Phi) is 5.18. The highest BCUT2D eigenvalue weighted by atomic mass is 32.2. The third-order valence-corrected chi connectivity index (χ3v) is 5.70. The molecule has 5 heteroatoms. The van der Waals surface area contributed by atoms with Gasteiger partial charge in [0.25, 0.3) is 0 Å².